The molecule has 2 aromatic heterocycles. The highest BCUT2D eigenvalue weighted by molar-refractivity contribution is 7.92. The summed E-state index contributed by atoms with van der Waals surface area (Å²) >= 11 is 1.36. The lowest BCUT2D eigenvalue weighted by molar-refractivity contribution is -0.357. The highest BCUT2D eigenvalue weighted by Crippen LogP contribution is 2.31. The number of hydrogen-bond acceptors (Lipinski definition) is 7. The third-order valence-corrected chi connectivity index (χ3v) is 7.53. The maximum Gasteiger partial charge on any atom is 0.287 e. The summed E-state index contributed by atoms with van der Waals surface area (Å²) < 4.78 is 39.2. The summed E-state index contributed by atoms with van der Waals surface area (Å²) in [4.78, 5) is 17.2. The molecule has 0 spiro atoms. The van der Waals surface area contributed by atoms with Crippen molar-refractivity contribution >= 4 is 49.4 Å². The fourth-order valence-corrected chi connectivity index (χ4v) is 5.31. The first kappa shape index (κ1) is 27.6. The van der Waals surface area contributed by atoms with Crippen molar-refractivity contribution < 1.29 is 22.7 Å². The Morgan fingerprint density at radius 2 is 2.00 bits per heavy atom. The maximum atomic E-state index is 13.4. The number of anilines is 1. The van der Waals surface area contributed by atoms with Gasteiger partial charge in [0.25, 0.3) is 11.4 Å². The van der Waals surface area contributed by atoms with Gasteiger partial charge in [-0.2, -0.15) is 5.10 Å². The number of nitrogens with one attached hydrogen (secondary N) is 2. The zero-order valence-corrected chi connectivity index (χ0v) is 23.1. The number of nitrogen functional groups attached to an aromatic ring is 1. The fraction of sp³-hybridized carbons (Fsp3) is 0.348. The van der Waals surface area contributed by atoms with Gasteiger partial charge < -0.3 is 5.11 Å². The largest absolute Gasteiger partial charge is 0.505 e. The van der Waals surface area contributed by atoms with Crippen LogP contribution in [0.25, 0.3) is 10.6 Å². The molecular weight excluding hydrogens is 522 g/mol. The first-order valence-corrected chi connectivity index (χ1v) is 15.2. The van der Waals surface area contributed by atoms with Crippen LogP contribution in [-0.2, 0) is 27.4 Å². The number of aromatic nitrogens is 2. The van der Waals surface area contributed by atoms with Crippen molar-refractivity contribution in [3.05, 3.63) is 51.6 Å². The van der Waals surface area contributed by atoms with Crippen LogP contribution in [0.5, 0.6) is 5.75 Å². The molecule has 3 aromatic rings. The minimum Gasteiger partial charge on any atom is -0.505 e. The molecule has 0 amide bonds. The van der Waals surface area contributed by atoms with Gasteiger partial charge >= 0.3 is 0 Å². The molecule has 13 heteroatoms. The predicted molar refractivity (Wildman–Crippen MR) is 144 cm³/mol. The lowest BCUT2D eigenvalue weighted by Gasteiger charge is -2.19. The molecule has 194 valence electrons. The summed E-state index contributed by atoms with van der Waals surface area (Å²) in [6.07, 6.45) is 3.10. The van der Waals surface area contributed by atoms with E-state index in [4.69, 9.17) is 5.73 Å². The molecule has 5 N–H and O–H groups in total. The Bertz CT molecular complexity index is 1490. The maximum absolute atomic E-state index is 13.4. The van der Waals surface area contributed by atoms with Gasteiger partial charge in [-0.25, -0.2) is 18.1 Å². The van der Waals surface area contributed by atoms with E-state index in [1.54, 1.807) is 6.07 Å². The van der Waals surface area contributed by atoms with E-state index in [9.17, 15) is 22.5 Å². The molecule has 0 radical (unpaired) electrons. The zero-order chi connectivity index (χ0) is 26.8. The topological polar surface area (TPSA) is 158 Å². The SMILES string of the molecule is CS(=O)c1cc(NS(C)(=O)=O)ccc1[NH+]=C(N)c1c(O)c(-c2cccs2)nn(CCC(C)(C)C)c1=O. The summed E-state index contributed by atoms with van der Waals surface area (Å²) in [6, 6.07) is 7.97. The molecule has 1 unspecified atom stereocenters. The summed E-state index contributed by atoms with van der Waals surface area (Å²) in [6.45, 7) is 6.47. The number of sulfonamides is 1. The molecule has 0 saturated carbocycles. The standard InChI is InChI=1S/C23H29N5O5S3/c1-23(2,3)10-11-28-22(30)18(20(29)19(26-28)16-7-6-12-34-16)21(24)25-15-9-8-14(27-36(5,32)33)13-17(15)35(4)31/h6-9,12-13,27,29H,10-11H2,1-5H3,(H2,24,25)/p+1. The van der Waals surface area contributed by atoms with Crippen LogP contribution in [0.4, 0.5) is 11.4 Å². The fourth-order valence-electron chi connectivity index (χ4n) is 3.33. The van der Waals surface area contributed by atoms with Crippen molar-refractivity contribution in [2.45, 2.75) is 38.6 Å². The Labute approximate surface area is 216 Å². The van der Waals surface area contributed by atoms with Gasteiger partial charge in [-0.1, -0.05) is 26.8 Å². The number of rotatable bonds is 8. The van der Waals surface area contributed by atoms with Crippen molar-refractivity contribution in [1.29, 1.82) is 0 Å². The van der Waals surface area contributed by atoms with Crippen LogP contribution in [0, 0.1) is 5.41 Å². The highest BCUT2D eigenvalue weighted by atomic mass is 32.2. The molecule has 1 aromatic carbocycles. The average molecular weight is 553 g/mol. The Balaban J connectivity index is 2.18. The Morgan fingerprint density at radius 1 is 1.31 bits per heavy atom. The van der Waals surface area contributed by atoms with Gasteiger partial charge in [0, 0.05) is 18.5 Å². The van der Waals surface area contributed by atoms with E-state index in [2.05, 4.69) is 35.6 Å². The Kier molecular flexibility index (Phi) is 8.06. The molecular formula is C23H30N5O5S3+. The molecule has 0 aliphatic heterocycles. The van der Waals surface area contributed by atoms with Crippen LogP contribution in [0.2, 0.25) is 0 Å². The molecule has 0 fully saturated rings. The molecule has 0 aliphatic carbocycles. The number of benzene rings is 1. The van der Waals surface area contributed by atoms with E-state index in [0.29, 0.717) is 23.5 Å². The number of nitrogens with two attached hydrogens (primary N) is 1. The smallest absolute Gasteiger partial charge is 0.287 e. The van der Waals surface area contributed by atoms with Gasteiger partial charge in [0.05, 0.1) is 26.8 Å². The summed E-state index contributed by atoms with van der Waals surface area (Å²) in [5.41, 5.74) is 6.26. The first-order chi connectivity index (χ1) is 16.7. The first-order valence-electron chi connectivity index (χ1n) is 10.9. The quantitative estimate of drug-likeness (QED) is 0.242. The summed E-state index contributed by atoms with van der Waals surface area (Å²) in [5.74, 6) is -0.522. The van der Waals surface area contributed by atoms with E-state index in [0.717, 1.165) is 6.26 Å². The molecule has 3 rings (SSSR count). The van der Waals surface area contributed by atoms with Crippen molar-refractivity contribution in [3.8, 4) is 16.3 Å². The van der Waals surface area contributed by atoms with Gasteiger partial charge in [-0.15, -0.1) is 11.3 Å². The van der Waals surface area contributed by atoms with Gasteiger partial charge in [-0.05, 0) is 41.5 Å². The Morgan fingerprint density at radius 3 is 2.56 bits per heavy atom. The van der Waals surface area contributed by atoms with Crippen LogP contribution < -0.4 is 21.0 Å². The van der Waals surface area contributed by atoms with Gasteiger partial charge in [0.1, 0.15) is 11.4 Å². The van der Waals surface area contributed by atoms with E-state index < -0.39 is 26.4 Å². The number of aromatic hydroxyl groups is 1. The molecule has 0 saturated heterocycles. The minimum absolute atomic E-state index is 0.0579. The third-order valence-electron chi connectivity index (χ3n) is 5.09. The van der Waals surface area contributed by atoms with Gasteiger partial charge in [-0.3, -0.25) is 19.5 Å². The monoisotopic (exact) mass is 552 g/mol. The Hall–Kier alpha value is -3.03. The number of aryl methyl sites for hydroxylation is 1. The number of hydrogen-bond donors (Lipinski definition) is 4. The molecule has 0 bridgehead atoms. The van der Waals surface area contributed by atoms with Gasteiger partial charge in [0.15, 0.2) is 11.3 Å². The summed E-state index contributed by atoms with van der Waals surface area (Å²) in [5, 5.41) is 17.3. The van der Waals surface area contributed by atoms with Crippen LogP contribution in [0.15, 0.2) is 45.4 Å². The van der Waals surface area contributed by atoms with E-state index in [1.807, 2.05) is 11.4 Å². The molecule has 36 heavy (non-hydrogen) atoms. The third kappa shape index (κ3) is 6.80. The second kappa shape index (κ2) is 10.5. The van der Waals surface area contributed by atoms with Gasteiger partial charge in [0.2, 0.25) is 10.0 Å². The van der Waals surface area contributed by atoms with Crippen molar-refractivity contribution in [1.82, 2.24) is 9.78 Å². The summed E-state index contributed by atoms with van der Waals surface area (Å²) in [7, 11) is -5.07. The second-order valence-electron chi connectivity index (χ2n) is 9.47. The molecule has 2 heterocycles. The normalized spacial score (nSPS) is 13.5. The lowest BCUT2D eigenvalue weighted by atomic mass is 9.92. The van der Waals surface area contributed by atoms with Crippen molar-refractivity contribution in [3.63, 3.8) is 0 Å². The lowest BCUT2D eigenvalue weighted by Crippen LogP contribution is -2.71. The van der Waals surface area contributed by atoms with Crippen molar-refractivity contribution in [2.75, 3.05) is 17.2 Å². The average Bonchev–Trinajstić information content (AvgIpc) is 3.27. The number of nitrogens with zero attached hydrogens (tertiary/aromatic N) is 2. The molecule has 0 aliphatic rings. The van der Waals surface area contributed by atoms with E-state index in [1.165, 1.54) is 40.5 Å². The van der Waals surface area contributed by atoms with E-state index in [-0.39, 0.29) is 38.8 Å². The molecule has 10 nitrogen and oxygen atoms in total. The number of amidine groups is 1. The zero-order valence-electron chi connectivity index (χ0n) is 20.7. The van der Waals surface area contributed by atoms with Crippen LogP contribution in [-0.4, -0.2) is 45.9 Å². The van der Waals surface area contributed by atoms with E-state index >= 15 is 0 Å². The predicted octanol–water partition coefficient (Wildman–Crippen LogP) is 1.34. The van der Waals surface area contributed by atoms with Crippen LogP contribution in [0.1, 0.15) is 32.8 Å². The van der Waals surface area contributed by atoms with Crippen LogP contribution >= 0.6 is 11.3 Å². The second-order valence-corrected chi connectivity index (χ2v) is 13.5. The highest BCUT2D eigenvalue weighted by Gasteiger charge is 2.26. The molecule has 1 atom stereocenters. The minimum atomic E-state index is -3.54. The number of thiophene rings is 1. The van der Waals surface area contributed by atoms with Crippen molar-refractivity contribution in [2.24, 2.45) is 11.1 Å². The van der Waals surface area contributed by atoms with Crippen LogP contribution in [0.3, 0.4) is 0 Å².